The maximum absolute atomic E-state index is 12.9. The first kappa shape index (κ1) is 13.7. The molecule has 102 valence electrons. The summed E-state index contributed by atoms with van der Waals surface area (Å²) in [5.74, 6) is -1.49. The molecule has 1 aromatic rings. The van der Waals surface area contributed by atoms with Crippen LogP contribution in [-0.4, -0.2) is 21.5 Å². The van der Waals surface area contributed by atoms with Gasteiger partial charge in [-0.2, -0.15) is 0 Å². The summed E-state index contributed by atoms with van der Waals surface area (Å²) in [4.78, 5) is 12.4. The SMILES string of the molecule is NC(=S)C1(NC(=O)c2ccc(F)cc2O)CCCC1. The highest BCUT2D eigenvalue weighted by atomic mass is 32.1. The molecule has 0 aliphatic heterocycles. The Labute approximate surface area is 115 Å². The first-order chi connectivity index (χ1) is 8.94. The van der Waals surface area contributed by atoms with Crippen LogP contribution in [0.3, 0.4) is 0 Å². The van der Waals surface area contributed by atoms with Crippen LogP contribution in [0.25, 0.3) is 0 Å². The van der Waals surface area contributed by atoms with Gasteiger partial charge in [0.1, 0.15) is 11.6 Å². The molecule has 4 nitrogen and oxygen atoms in total. The maximum atomic E-state index is 12.9. The second kappa shape index (κ2) is 5.13. The number of rotatable bonds is 3. The summed E-state index contributed by atoms with van der Waals surface area (Å²) in [5.41, 5.74) is 5.05. The summed E-state index contributed by atoms with van der Waals surface area (Å²) in [7, 11) is 0. The molecule has 0 saturated heterocycles. The maximum Gasteiger partial charge on any atom is 0.255 e. The van der Waals surface area contributed by atoms with Gasteiger partial charge < -0.3 is 16.2 Å². The predicted octanol–water partition coefficient (Wildman–Crippen LogP) is 1.86. The summed E-state index contributed by atoms with van der Waals surface area (Å²) in [5, 5.41) is 12.4. The average Bonchev–Trinajstić information content (AvgIpc) is 2.78. The number of phenols is 1. The van der Waals surface area contributed by atoms with Crippen LogP contribution in [0.4, 0.5) is 4.39 Å². The Morgan fingerprint density at radius 2 is 2.05 bits per heavy atom. The number of carbonyl (C=O) groups excluding carboxylic acids is 1. The van der Waals surface area contributed by atoms with Crippen molar-refractivity contribution >= 4 is 23.1 Å². The number of hydrogen-bond donors (Lipinski definition) is 3. The molecule has 0 unspecified atom stereocenters. The fourth-order valence-electron chi connectivity index (χ4n) is 2.39. The van der Waals surface area contributed by atoms with Gasteiger partial charge in [-0.05, 0) is 25.0 Å². The fourth-order valence-corrected chi connectivity index (χ4v) is 2.65. The number of nitrogens with two attached hydrogens (primary N) is 1. The van der Waals surface area contributed by atoms with Gasteiger partial charge in [0.25, 0.3) is 5.91 Å². The van der Waals surface area contributed by atoms with Crippen molar-refractivity contribution in [3.8, 4) is 5.75 Å². The van der Waals surface area contributed by atoms with E-state index in [4.69, 9.17) is 18.0 Å². The van der Waals surface area contributed by atoms with Crippen molar-refractivity contribution in [1.29, 1.82) is 0 Å². The van der Waals surface area contributed by atoms with Crippen LogP contribution in [0.15, 0.2) is 18.2 Å². The number of aromatic hydroxyl groups is 1. The zero-order chi connectivity index (χ0) is 14.0. The second-order valence-electron chi connectivity index (χ2n) is 4.77. The van der Waals surface area contributed by atoms with Crippen LogP contribution in [0.5, 0.6) is 5.75 Å². The highest BCUT2D eigenvalue weighted by Crippen LogP contribution is 2.31. The summed E-state index contributed by atoms with van der Waals surface area (Å²) >= 11 is 5.03. The Hall–Kier alpha value is -1.69. The van der Waals surface area contributed by atoms with Crippen LogP contribution >= 0.6 is 12.2 Å². The van der Waals surface area contributed by atoms with Crippen LogP contribution in [-0.2, 0) is 0 Å². The minimum absolute atomic E-state index is 0.0175. The largest absolute Gasteiger partial charge is 0.507 e. The van der Waals surface area contributed by atoms with Crippen molar-refractivity contribution in [2.75, 3.05) is 0 Å². The van der Waals surface area contributed by atoms with Crippen molar-refractivity contribution in [3.63, 3.8) is 0 Å². The molecule has 6 heteroatoms. The van der Waals surface area contributed by atoms with Crippen LogP contribution in [0, 0.1) is 5.82 Å². The monoisotopic (exact) mass is 282 g/mol. The van der Waals surface area contributed by atoms with Gasteiger partial charge in [-0.25, -0.2) is 4.39 Å². The van der Waals surface area contributed by atoms with Crippen molar-refractivity contribution in [1.82, 2.24) is 5.32 Å². The molecule has 4 N–H and O–H groups in total. The minimum Gasteiger partial charge on any atom is -0.507 e. The van der Waals surface area contributed by atoms with E-state index in [0.717, 1.165) is 25.0 Å². The fraction of sp³-hybridized carbons (Fsp3) is 0.385. The third-order valence-corrected chi connectivity index (χ3v) is 3.88. The van der Waals surface area contributed by atoms with Crippen molar-refractivity contribution in [3.05, 3.63) is 29.6 Å². The van der Waals surface area contributed by atoms with Gasteiger partial charge in [-0.3, -0.25) is 4.79 Å². The van der Waals surface area contributed by atoms with Gasteiger partial charge in [0.15, 0.2) is 0 Å². The third kappa shape index (κ3) is 2.68. The second-order valence-corrected chi connectivity index (χ2v) is 5.21. The summed E-state index contributed by atoms with van der Waals surface area (Å²) in [6.45, 7) is 0. The minimum atomic E-state index is -0.687. The van der Waals surface area contributed by atoms with Gasteiger partial charge >= 0.3 is 0 Å². The summed E-state index contributed by atoms with van der Waals surface area (Å²) in [6, 6.07) is 3.26. The zero-order valence-corrected chi connectivity index (χ0v) is 11.1. The molecule has 0 heterocycles. The molecule has 0 atom stereocenters. The molecule has 0 spiro atoms. The van der Waals surface area contributed by atoms with Crippen LogP contribution in [0.1, 0.15) is 36.0 Å². The number of phenolic OH excluding ortho intramolecular Hbond substituents is 1. The van der Waals surface area contributed by atoms with E-state index >= 15 is 0 Å². The highest BCUT2D eigenvalue weighted by Gasteiger charge is 2.38. The number of benzene rings is 1. The smallest absolute Gasteiger partial charge is 0.255 e. The van der Waals surface area contributed by atoms with Gasteiger partial charge in [0.2, 0.25) is 0 Å². The Kier molecular flexibility index (Phi) is 3.71. The lowest BCUT2D eigenvalue weighted by Gasteiger charge is -2.29. The first-order valence-electron chi connectivity index (χ1n) is 6.05. The lowest BCUT2D eigenvalue weighted by molar-refractivity contribution is 0.0921. The van der Waals surface area contributed by atoms with Gasteiger partial charge in [0, 0.05) is 6.07 Å². The molecule has 1 aliphatic rings. The molecule has 1 fully saturated rings. The molecular formula is C13H15FN2O2S. The highest BCUT2D eigenvalue weighted by molar-refractivity contribution is 7.80. The Bertz CT molecular complexity index is 527. The number of thiocarbonyl (C=S) groups is 1. The molecule has 0 bridgehead atoms. The van der Waals surface area contributed by atoms with E-state index in [2.05, 4.69) is 5.32 Å². The lowest BCUT2D eigenvalue weighted by Crippen LogP contribution is -2.54. The van der Waals surface area contributed by atoms with Crippen molar-refractivity contribution in [2.24, 2.45) is 5.73 Å². The van der Waals surface area contributed by atoms with Crippen LogP contribution in [0.2, 0.25) is 0 Å². The van der Waals surface area contributed by atoms with Crippen LogP contribution < -0.4 is 11.1 Å². The number of hydrogen-bond acceptors (Lipinski definition) is 3. The zero-order valence-electron chi connectivity index (χ0n) is 10.3. The Balaban J connectivity index is 2.22. The molecule has 1 saturated carbocycles. The van der Waals surface area contributed by atoms with Gasteiger partial charge in [-0.15, -0.1) is 0 Å². The average molecular weight is 282 g/mol. The topological polar surface area (TPSA) is 75.3 Å². The molecule has 0 radical (unpaired) electrons. The molecule has 0 aromatic heterocycles. The normalized spacial score (nSPS) is 17.1. The van der Waals surface area contributed by atoms with Gasteiger partial charge in [-0.1, -0.05) is 25.1 Å². The molecule has 1 aliphatic carbocycles. The van der Waals surface area contributed by atoms with E-state index in [9.17, 15) is 14.3 Å². The Morgan fingerprint density at radius 3 is 2.58 bits per heavy atom. The molecule has 19 heavy (non-hydrogen) atoms. The third-order valence-electron chi connectivity index (χ3n) is 3.49. The van der Waals surface area contributed by atoms with Crippen molar-refractivity contribution in [2.45, 2.75) is 31.2 Å². The number of amides is 1. The number of nitrogens with one attached hydrogen (secondary N) is 1. The van der Waals surface area contributed by atoms with E-state index in [-0.39, 0.29) is 10.6 Å². The van der Waals surface area contributed by atoms with E-state index in [0.29, 0.717) is 12.8 Å². The summed E-state index contributed by atoms with van der Waals surface area (Å²) in [6.07, 6.45) is 3.26. The molecule has 1 aromatic carbocycles. The molecule has 1 amide bonds. The quantitative estimate of drug-likeness (QED) is 0.740. The standard InChI is InChI=1S/C13H15FN2O2S/c14-8-3-4-9(10(17)7-8)11(18)16-13(12(15)19)5-1-2-6-13/h3-4,7,17H,1-2,5-6H2,(H2,15,19)(H,16,18). The lowest BCUT2D eigenvalue weighted by atomic mass is 9.97. The van der Waals surface area contributed by atoms with Gasteiger partial charge in [0.05, 0.1) is 16.1 Å². The number of halogens is 1. The van der Waals surface area contributed by atoms with E-state index in [1.165, 1.54) is 6.07 Å². The first-order valence-corrected chi connectivity index (χ1v) is 6.46. The Morgan fingerprint density at radius 1 is 1.42 bits per heavy atom. The summed E-state index contributed by atoms with van der Waals surface area (Å²) < 4.78 is 12.9. The predicted molar refractivity (Wildman–Crippen MR) is 73.5 cm³/mol. The van der Waals surface area contributed by atoms with E-state index < -0.39 is 23.0 Å². The van der Waals surface area contributed by atoms with E-state index in [1.54, 1.807) is 0 Å². The number of carbonyl (C=O) groups is 1. The van der Waals surface area contributed by atoms with Crippen molar-refractivity contribution < 1.29 is 14.3 Å². The molecular weight excluding hydrogens is 267 g/mol. The molecule has 2 rings (SSSR count). The van der Waals surface area contributed by atoms with E-state index in [1.807, 2.05) is 0 Å².